The van der Waals surface area contributed by atoms with Gasteiger partial charge in [-0.05, 0) is 12.5 Å². The molecule has 0 fully saturated rings. The molecule has 1 aromatic rings. The first-order valence-corrected chi connectivity index (χ1v) is 5.38. The third-order valence-corrected chi connectivity index (χ3v) is 3.02. The third-order valence-electron chi connectivity index (χ3n) is 1.83. The topological polar surface area (TPSA) is 55.4 Å². The smallest absolute Gasteiger partial charge is 0.340 e. The number of aryl methyl sites for hydroxylation is 1. The molecule has 0 radical (unpaired) electrons. The predicted molar refractivity (Wildman–Crippen MR) is 59.3 cm³/mol. The number of esters is 1. The van der Waals surface area contributed by atoms with Crippen molar-refractivity contribution in [2.75, 3.05) is 12.4 Å². The second-order valence-electron chi connectivity index (χ2n) is 2.98. The molecule has 1 N–H and O–H groups in total. The molecule has 1 rings (SSSR count). The minimum Gasteiger partial charge on any atom is -0.465 e. The molecule has 0 atom stereocenters. The molecule has 0 spiro atoms. The second-order valence-corrected chi connectivity index (χ2v) is 4.12. The van der Waals surface area contributed by atoms with E-state index in [1.54, 1.807) is 6.07 Å². The molecule has 0 unspecified atom stereocenters. The molecule has 0 bridgehead atoms. The van der Waals surface area contributed by atoms with Crippen molar-refractivity contribution in [3.05, 3.63) is 16.5 Å². The quantitative estimate of drug-likeness (QED) is 0.804. The summed E-state index contributed by atoms with van der Waals surface area (Å²) in [5.41, 5.74) is 0.426. The minimum absolute atomic E-state index is 0.190. The number of thiophene rings is 1. The monoisotopic (exact) mass is 227 g/mol. The zero-order valence-corrected chi connectivity index (χ0v) is 9.73. The molecule has 5 heteroatoms. The first-order chi connectivity index (χ1) is 7.08. The summed E-state index contributed by atoms with van der Waals surface area (Å²) in [6, 6.07) is 1.75. The molecular weight excluding hydrogens is 214 g/mol. The molecule has 0 saturated heterocycles. The van der Waals surface area contributed by atoms with E-state index in [9.17, 15) is 9.59 Å². The Hall–Kier alpha value is -1.36. The largest absolute Gasteiger partial charge is 0.465 e. The minimum atomic E-state index is -0.422. The lowest BCUT2D eigenvalue weighted by molar-refractivity contribution is -0.114. The molecule has 4 nitrogen and oxygen atoms in total. The van der Waals surface area contributed by atoms with Gasteiger partial charge in [0.2, 0.25) is 5.91 Å². The van der Waals surface area contributed by atoms with E-state index in [2.05, 4.69) is 10.1 Å². The SMILES string of the molecule is CCc1cc(C(=O)OC)c(NC(C)=O)s1. The van der Waals surface area contributed by atoms with Crippen molar-refractivity contribution in [3.8, 4) is 0 Å². The molecule has 82 valence electrons. The van der Waals surface area contributed by atoms with Gasteiger partial charge in [-0.2, -0.15) is 0 Å². The van der Waals surface area contributed by atoms with Crippen LogP contribution in [0, 0.1) is 0 Å². The van der Waals surface area contributed by atoms with Gasteiger partial charge in [0.1, 0.15) is 5.00 Å². The van der Waals surface area contributed by atoms with E-state index in [1.807, 2.05) is 6.92 Å². The lowest BCUT2D eigenvalue weighted by Gasteiger charge is -2.01. The molecule has 0 aliphatic heterocycles. The number of carbonyl (C=O) groups is 2. The zero-order chi connectivity index (χ0) is 11.4. The van der Waals surface area contributed by atoms with Crippen LogP contribution in [0.2, 0.25) is 0 Å². The van der Waals surface area contributed by atoms with Crippen LogP contribution in [0.1, 0.15) is 29.1 Å². The van der Waals surface area contributed by atoms with Gasteiger partial charge in [0.05, 0.1) is 12.7 Å². The first kappa shape index (κ1) is 11.7. The van der Waals surface area contributed by atoms with Crippen LogP contribution in [0.5, 0.6) is 0 Å². The maximum atomic E-state index is 11.4. The van der Waals surface area contributed by atoms with Gasteiger partial charge in [-0.3, -0.25) is 4.79 Å². The fourth-order valence-corrected chi connectivity index (χ4v) is 2.16. The highest BCUT2D eigenvalue weighted by Gasteiger charge is 2.16. The number of carbonyl (C=O) groups excluding carboxylic acids is 2. The number of anilines is 1. The number of amides is 1. The Bertz CT molecular complexity index is 384. The van der Waals surface area contributed by atoms with Gasteiger partial charge in [-0.15, -0.1) is 11.3 Å². The molecule has 0 saturated carbocycles. The summed E-state index contributed by atoms with van der Waals surface area (Å²) in [6.07, 6.45) is 0.828. The Morgan fingerprint density at radius 1 is 1.53 bits per heavy atom. The normalized spacial score (nSPS) is 9.80. The van der Waals surface area contributed by atoms with Crippen LogP contribution in [0.3, 0.4) is 0 Å². The highest BCUT2D eigenvalue weighted by molar-refractivity contribution is 7.16. The van der Waals surface area contributed by atoms with Crippen LogP contribution in [0.25, 0.3) is 0 Å². The molecule has 0 aliphatic carbocycles. The summed E-state index contributed by atoms with van der Waals surface area (Å²) < 4.78 is 4.63. The van der Waals surface area contributed by atoms with E-state index in [1.165, 1.54) is 25.4 Å². The van der Waals surface area contributed by atoms with Crippen molar-refractivity contribution in [1.29, 1.82) is 0 Å². The Morgan fingerprint density at radius 2 is 2.20 bits per heavy atom. The van der Waals surface area contributed by atoms with Gasteiger partial charge in [0, 0.05) is 11.8 Å². The molecule has 1 amide bonds. The maximum absolute atomic E-state index is 11.4. The van der Waals surface area contributed by atoms with Crippen molar-refractivity contribution < 1.29 is 14.3 Å². The van der Waals surface area contributed by atoms with Crippen LogP contribution in [-0.2, 0) is 16.0 Å². The summed E-state index contributed by atoms with van der Waals surface area (Å²) in [5, 5.41) is 3.18. The van der Waals surface area contributed by atoms with E-state index in [0.29, 0.717) is 10.6 Å². The number of nitrogens with one attached hydrogen (secondary N) is 1. The molecular formula is C10H13NO3S. The van der Waals surface area contributed by atoms with E-state index >= 15 is 0 Å². The van der Waals surface area contributed by atoms with Crippen LogP contribution >= 0.6 is 11.3 Å². The van der Waals surface area contributed by atoms with Crippen LogP contribution < -0.4 is 5.32 Å². The average Bonchev–Trinajstić information content (AvgIpc) is 2.59. The first-order valence-electron chi connectivity index (χ1n) is 4.57. The van der Waals surface area contributed by atoms with Gasteiger partial charge in [-0.25, -0.2) is 4.79 Å². The average molecular weight is 227 g/mol. The van der Waals surface area contributed by atoms with E-state index < -0.39 is 5.97 Å². The van der Waals surface area contributed by atoms with Gasteiger partial charge < -0.3 is 10.1 Å². The van der Waals surface area contributed by atoms with Gasteiger partial charge >= 0.3 is 5.97 Å². The predicted octanol–water partition coefficient (Wildman–Crippen LogP) is 2.06. The summed E-state index contributed by atoms with van der Waals surface area (Å²) >= 11 is 1.40. The maximum Gasteiger partial charge on any atom is 0.340 e. The Morgan fingerprint density at radius 3 is 2.67 bits per heavy atom. The second kappa shape index (κ2) is 4.93. The zero-order valence-electron chi connectivity index (χ0n) is 8.92. The fraction of sp³-hybridized carbons (Fsp3) is 0.400. The number of methoxy groups -OCH3 is 1. The van der Waals surface area contributed by atoms with Crippen molar-refractivity contribution in [1.82, 2.24) is 0 Å². The highest BCUT2D eigenvalue weighted by Crippen LogP contribution is 2.29. The number of hydrogen-bond donors (Lipinski definition) is 1. The fourth-order valence-electron chi connectivity index (χ4n) is 1.13. The number of hydrogen-bond acceptors (Lipinski definition) is 4. The lowest BCUT2D eigenvalue weighted by Crippen LogP contribution is -2.09. The summed E-state index contributed by atoms with van der Waals surface area (Å²) in [4.78, 5) is 23.3. The summed E-state index contributed by atoms with van der Waals surface area (Å²) in [5.74, 6) is -0.612. The summed E-state index contributed by atoms with van der Waals surface area (Å²) in [6.45, 7) is 3.40. The molecule has 1 aromatic heterocycles. The molecule has 15 heavy (non-hydrogen) atoms. The Balaban J connectivity index is 3.05. The molecule has 0 aromatic carbocycles. The number of rotatable bonds is 3. The standard InChI is InChI=1S/C10H13NO3S/c1-4-7-5-8(10(13)14-3)9(15-7)11-6(2)12/h5H,4H2,1-3H3,(H,11,12). The van der Waals surface area contributed by atoms with Crippen LogP contribution in [-0.4, -0.2) is 19.0 Å². The van der Waals surface area contributed by atoms with Gasteiger partial charge in [0.15, 0.2) is 0 Å². The van der Waals surface area contributed by atoms with Crippen LogP contribution in [0.15, 0.2) is 6.07 Å². The third kappa shape index (κ3) is 2.79. The van der Waals surface area contributed by atoms with Gasteiger partial charge in [-0.1, -0.05) is 6.92 Å². The van der Waals surface area contributed by atoms with Crippen LogP contribution in [0.4, 0.5) is 5.00 Å². The van der Waals surface area contributed by atoms with E-state index in [0.717, 1.165) is 11.3 Å². The number of ether oxygens (including phenoxy) is 1. The van der Waals surface area contributed by atoms with E-state index in [4.69, 9.17) is 0 Å². The lowest BCUT2D eigenvalue weighted by atomic mass is 10.2. The molecule has 0 aliphatic rings. The Labute approximate surface area is 92.2 Å². The van der Waals surface area contributed by atoms with Crippen molar-refractivity contribution in [2.24, 2.45) is 0 Å². The van der Waals surface area contributed by atoms with E-state index in [-0.39, 0.29) is 5.91 Å². The Kier molecular flexibility index (Phi) is 3.85. The van der Waals surface area contributed by atoms with Crippen molar-refractivity contribution in [2.45, 2.75) is 20.3 Å². The summed E-state index contributed by atoms with van der Waals surface area (Å²) in [7, 11) is 1.32. The van der Waals surface area contributed by atoms with Crippen molar-refractivity contribution >= 4 is 28.2 Å². The molecule has 1 heterocycles. The van der Waals surface area contributed by atoms with Crippen molar-refractivity contribution in [3.63, 3.8) is 0 Å². The highest BCUT2D eigenvalue weighted by atomic mass is 32.1. The van der Waals surface area contributed by atoms with Gasteiger partial charge in [0.25, 0.3) is 0 Å².